The van der Waals surface area contributed by atoms with Crippen molar-refractivity contribution in [2.75, 3.05) is 19.6 Å². The number of aromatic nitrogens is 1. The van der Waals surface area contributed by atoms with Crippen molar-refractivity contribution in [1.82, 2.24) is 9.88 Å². The molecule has 1 atom stereocenters. The zero-order chi connectivity index (χ0) is 12.3. The van der Waals surface area contributed by atoms with Gasteiger partial charge in [0, 0.05) is 31.5 Å². The fraction of sp³-hybridized carbons (Fsp3) is 0.643. The van der Waals surface area contributed by atoms with Crippen molar-refractivity contribution in [2.24, 2.45) is 11.1 Å². The highest BCUT2D eigenvalue weighted by Gasteiger charge is 2.30. The fourth-order valence-electron chi connectivity index (χ4n) is 2.80. The number of pyridine rings is 1. The van der Waals surface area contributed by atoms with Crippen LogP contribution in [0.1, 0.15) is 38.3 Å². The highest BCUT2D eigenvalue weighted by molar-refractivity contribution is 5.15. The van der Waals surface area contributed by atoms with Crippen LogP contribution in [0.4, 0.5) is 0 Å². The molecule has 2 N–H and O–H groups in total. The molecule has 1 saturated heterocycles. The van der Waals surface area contributed by atoms with E-state index in [1.807, 2.05) is 18.5 Å². The van der Waals surface area contributed by atoms with Crippen molar-refractivity contribution in [3.8, 4) is 0 Å². The average Bonchev–Trinajstić information content (AvgIpc) is 2.30. The van der Waals surface area contributed by atoms with Gasteiger partial charge in [-0.25, -0.2) is 0 Å². The van der Waals surface area contributed by atoms with Crippen molar-refractivity contribution in [3.05, 3.63) is 30.1 Å². The maximum Gasteiger partial charge on any atom is 0.0485 e. The zero-order valence-corrected chi connectivity index (χ0v) is 10.9. The smallest absolute Gasteiger partial charge is 0.0485 e. The van der Waals surface area contributed by atoms with Crippen molar-refractivity contribution in [1.29, 1.82) is 0 Å². The minimum atomic E-state index is 0.322. The molecule has 0 aromatic carbocycles. The van der Waals surface area contributed by atoms with E-state index >= 15 is 0 Å². The van der Waals surface area contributed by atoms with Gasteiger partial charge in [-0.3, -0.25) is 9.88 Å². The van der Waals surface area contributed by atoms with Crippen LogP contribution in [0.3, 0.4) is 0 Å². The lowest BCUT2D eigenvalue weighted by molar-refractivity contribution is 0.0805. The fourth-order valence-corrected chi connectivity index (χ4v) is 2.80. The molecule has 0 saturated carbocycles. The van der Waals surface area contributed by atoms with Gasteiger partial charge in [-0.1, -0.05) is 19.9 Å². The standard InChI is InChI=1S/C14H23N3/c1-14(2)6-4-8-17(11-14)13(9-15)12-5-3-7-16-10-12/h3,5,7,10,13H,4,6,8-9,11,15H2,1-2H3. The quantitative estimate of drug-likeness (QED) is 0.870. The monoisotopic (exact) mass is 233 g/mol. The van der Waals surface area contributed by atoms with Crippen LogP contribution < -0.4 is 5.73 Å². The van der Waals surface area contributed by atoms with Crippen LogP contribution in [0, 0.1) is 5.41 Å². The lowest BCUT2D eigenvalue weighted by Gasteiger charge is -2.42. The maximum atomic E-state index is 5.95. The van der Waals surface area contributed by atoms with Gasteiger partial charge in [-0.2, -0.15) is 0 Å². The lowest BCUT2D eigenvalue weighted by Crippen LogP contribution is -2.44. The van der Waals surface area contributed by atoms with Crippen LogP contribution in [-0.2, 0) is 0 Å². The van der Waals surface area contributed by atoms with Gasteiger partial charge in [0.05, 0.1) is 0 Å². The van der Waals surface area contributed by atoms with E-state index < -0.39 is 0 Å². The summed E-state index contributed by atoms with van der Waals surface area (Å²) < 4.78 is 0. The minimum Gasteiger partial charge on any atom is -0.329 e. The first-order valence-corrected chi connectivity index (χ1v) is 6.46. The van der Waals surface area contributed by atoms with Crippen molar-refractivity contribution in [2.45, 2.75) is 32.7 Å². The molecule has 3 heteroatoms. The van der Waals surface area contributed by atoms with E-state index in [-0.39, 0.29) is 0 Å². The number of hydrogen-bond acceptors (Lipinski definition) is 3. The molecule has 1 unspecified atom stereocenters. The van der Waals surface area contributed by atoms with E-state index in [2.05, 4.69) is 29.8 Å². The Hall–Kier alpha value is -0.930. The topological polar surface area (TPSA) is 42.1 Å². The van der Waals surface area contributed by atoms with Crippen LogP contribution in [0.5, 0.6) is 0 Å². The second-order valence-corrected chi connectivity index (χ2v) is 5.78. The van der Waals surface area contributed by atoms with Gasteiger partial charge in [-0.15, -0.1) is 0 Å². The van der Waals surface area contributed by atoms with E-state index in [9.17, 15) is 0 Å². The summed E-state index contributed by atoms with van der Waals surface area (Å²) in [6.07, 6.45) is 6.34. The highest BCUT2D eigenvalue weighted by Crippen LogP contribution is 2.32. The molecule has 0 amide bonds. The van der Waals surface area contributed by atoms with Crippen LogP contribution in [-0.4, -0.2) is 29.5 Å². The Balaban J connectivity index is 2.13. The molecule has 0 aliphatic carbocycles. The summed E-state index contributed by atoms with van der Waals surface area (Å²) in [4.78, 5) is 6.72. The molecular weight excluding hydrogens is 210 g/mol. The molecule has 0 bridgehead atoms. The summed E-state index contributed by atoms with van der Waals surface area (Å²) in [7, 11) is 0. The first-order chi connectivity index (χ1) is 8.12. The first kappa shape index (κ1) is 12.5. The number of nitrogens with two attached hydrogens (primary N) is 1. The molecule has 2 heterocycles. The van der Waals surface area contributed by atoms with Gasteiger partial charge in [0.2, 0.25) is 0 Å². The van der Waals surface area contributed by atoms with E-state index in [0.717, 1.165) is 13.1 Å². The summed E-state index contributed by atoms with van der Waals surface area (Å²) in [6.45, 7) is 7.64. The normalized spacial score (nSPS) is 22.3. The third-order valence-corrected chi connectivity index (χ3v) is 3.66. The van der Waals surface area contributed by atoms with E-state index in [4.69, 9.17) is 5.73 Å². The SMILES string of the molecule is CC1(C)CCCN(C(CN)c2cccnc2)C1. The maximum absolute atomic E-state index is 5.95. The van der Waals surface area contributed by atoms with Gasteiger partial charge >= 0.3 is 0 Å². The van der Waals surface area contributed by atoms with Crippen LogP contribution >= 0.6 is 0 Å². The molecule has 3 nitrogen and oxygen atoms in total. The molecular formula is C14H23N3. The Labute approximate surface area is 104 Å². The number of likely N-dealkylation sites (tertiary alicyclic amines) is 1. The van der Waals surface area contributed by atoms with Gasteiger partial charge in [-0.05, 0) is 36.4 Å². The highest BCUT2D eigenvalue weighted by atomic mass is 15.2. The second kappa shape index (κ2) is 5.15. The third-order valence-electron chi connectivity index (χ3n) is 3.66. The third kappa shape index (κ3) is 3.05. The van der Waals surface area contributed by atoms with Crippen molar-refractivity contribution >= 4 is 0 Å². The van der Waals surface area contributed by atoms with Gasteiger partial charge in [0.15, 0.2) is 0 Å². The Bertz CT molecular complexity index is 348. The number of piperidine rings is 1. The zero-order valence-electron chi connectivity index (χ0n) is 10.9. The molecule has 1 aliphatic rings. The Morgan fingerprint density at radius 2 is 2.35 bits per heavy atom. The van der Waals surface area contributed by atoms with Gasteiger partial charge < -0.3 is 5.73 Å². The summed E-state index contributed by atoms with van der Waals surface area (Å²) >= 11 is 0. The minimum absolute atomic E-state index is 0.322. The van der Waals surface area contributed by atoms with Crippen LogP contribution in [0.15, 0.2) is 24.5 Å². The molecule has 2 rings (SSSR count). The molecule has 1 aliphatic heterocycles. The largest absolute Gasteiger partial charge is 0.329 e. The van der Waals surface area contributed by atoms with Crippen LogP contribution in [0.2, 0.25) is 0 Å². The average molecular weight is 233 g/mol. The second-order valence-electron chi connectivity index (χ2n) is 5.78. The number of rotatable bonds is 3. The molecule has 1 fully saturated rings. The van der Waals surface area contributed by atoms with E-state index in [0.29, 0.717) is 18.0 Å². The summed E-state index contributed by atoms with van der Waals surface area (Å²) in [5.41, 5.74) is 7.61. The Kier molecular flexibility index (Phi) is 3.79. The van der Waals surface area contributed by atoms with Crippen molar-refractivity contribution < 1.29 is 0 Å². The number of hydrogen-bond donors (Lipinski definition) is 1. The lowest BCUT2D eigenvalue weighted by atomic mass is 9.83. The Morgan fingerprint density at radius 3 is 2.94 bits per heavy atom. The molecule has 1 aromatic heterocycles. The summed E-state index contributed by atoms with van der Waals surface area (Å²) in [5.74, 6) is 0. The Morgan fingerprint density at radius 1 is 1.53 bits per heavy atom. The van der Waals surface area contributed by atoms with Crippen molar-refractivity contribution in [3.63, 3.8) is 0 Å². The van der Waals surface area contributed by atoms with E-state index in [1.54, 1.807) is 0 Å². The van der Waals surface area contributed by atoms with E-state index in [1.165, 1.54) is 18.4 Å². The predicted octanol–water partition coefficient (Wildman–Crippen LogP) is 2.20. The molecule has 94 valence electrons. The summed E-state index contributed by atoms with van der Waals surface area (Å²) in [5, 5.41) is 0. The first-order valence-electron chi connectivity index (χ1n) is 6.46. The van der Waals surface area contributed by atoms with Crippen LogP contribution in [0.25, 0.3) is 0 Å². The molecule has 0 spiro atoms. The number of nitrogens with zero attached hydrogens (tertiary/aromatic N) is 2. The summed E-state index contributed by atoms with van der Waals surface area (Å²) in [6, 6.07) is 4.45. The van der Waals surface area contributed by atoms with Gasteiger partial charge in [0.25, 0.3) is 0 Å². The molecule has 0 radical (unpaired) electrons. The van der Waals surface area contributed by atoms with Gasteiger partial charge in [0.1, 0.15) is 0 Å². The molecule has 17 heavy (non-hydrogen) atoms. The predicted molar refractivity (Wildman–Crippen MR) is 70.6 cm³/mol. The molecule has 1 aromatic rings.